The monoisotopic (exact) mass is 235 g/mol. The van der Waals surface area contributed by atoms with Gasteiger partial charge in [0.05, 0.1) is 5.56 Å². The Kier molecular flexibility index (Phi) is 4.35. The number of terminal acetylenes is 1. The van der Waals surface area contributed by atoms with Crippen molar-refractivity contribution in [2.45, 2.75) is 25.8 Å². The fraction of sp³-hybridized carbons (Fsp3) is 0.333. The molecular weight excluding hydrogens is 222 g/mol. The van der Waals surface area contributed by atoms with Crippen LogP contribution in [0, 0.1) is 12.3 Å². The normalized spacial score (nSPS) is 11.5. The lowest BCUT2D eigenvalue weighted by molar-refractivity contribution is 0.0695. The Morgan fingerprint density at radius 1 is 1.65 bits per heavy atom. The average Bonchev–Trinajstić information content (AvgIpc) is 2.77. The fourth-order valence-electron chi connectivity index (χ4n) is 1.26. The molecule has 1 unspecified atom stereocenters. The van der Waals surface area contributed by atoms with E-state index in [1.807, 2.05) is 6.92 Å². The number of hydrogen-bond acceptors (Lipinski definition) is 3. The zero-order valence-electron chi connectivity index (χ0n) is 9.40. The number of furan rings is 1. The molecule has 0 saturated heterocycles. The smallest absolute Gasteiger partial charge is 0.338 e. The van der Waals surface area contributed by atoms with Gasteiger partial charge in [-0.1, -0.05) is 6.92 Å². The maximum Gasteiger partial charge on any atom is 0.338 e. The minimum absolute atomic E-state index is 0.0297. The van der Waals surface area contributed by atoms with E-state index in [4.69, 9.17) is 15.9 Å². The highest BCUT2D eigenvalue weighted by atomic mass is 16.4. The molecule has 0 saturated carbocycles. The Hall–Kier alpha value is -2.22. The van der Waals surface area contributed by atoms with Gasteiger partial charge in [0, 0.05) is 18.5 Å². The number of carboxylic acids is 1. The van der Waals surface area contributed by atoms with Gasteiger partial charge in [-0.3, -0.25) is 4.79 Å². The van der Waals surface area contributed by atoms with Crippen LogP contribution in [0.1, 0.15) is 40.7 Å². The zero-order valence-corrected chi connectivity index (χ0v) is 9.40. The second-order valence-corrected chi connectivity index (χ2v) is 3.49. The van der Waals surface area contributed by atoms with Crippen LogP contribution in [0.5, 0.6) is 0 Å². The van der Waals surface area contributed by atoms with Crippen LogP contribution in [0.3, 0.4) is 0 Å². The Morgan fingerprint density at radius 3 is 2.82 bits per heavy atom. The van der Waals surface area contributed by atoms with Crippen LogP contribution in [0.2, 0.25) is 0 Å². The summed E-state index contributed by atoms with van der Waals surface area (Å²) in [7, 11) is 0. The van der Waals surface area contributed by atoms with E-state index >= 15 is 0 Å². The van der Waals surface area contributed by atoms with Crippen molar-refractivity contribution < 1.29 is 19.1 Å². The number of amides is 1. The van der Waals surface area contributed by atoms with Crippen molar-refractivity contribution in [3.8, 4) is 12.3 Å². The van der Waals surface area contributed by atoms with Gasteiger partial charge in [0.15, 0.2) is 5.76 Å². The highest BCUT2D eigenvalue weighted by Gasteiger charge is 2.16. The van der Waals surface area contributed by atoms with Gasteiger partial charge in [0.2, 0.25) is 0 Å². The third-order valence-corrected chi connectivity index (χ3v) is 2.26. The van der Waals surface area contributed by atoms with Crippen LogP contribution in [0.15, 0.2) is 16.7 Å². The van der Waals surface area contributed by atoms with Crippen molar-refractivity contribution in [2.75, 3.05) is 0 Å². The molecule has 1 atom stereocenters. The summed E-state index contributed by atoms with van der Waals surface area (Å²) in [5.74, 6) is 0.835. The molecule has 5 nitrogen and oxygen atoms in total. The predicted molar refractivity (Wildman–Crippen MR) is 60.7 cm³/mol. The van der Waals surface area contributed by atoms with Crippen molar-refractivity contribution in [3.05, 3.63) is 23.7 Å². The quantitative estimate of drug-likeness (QED) is 0.758. The van der Waals surface area contributed by atoms with Crippen molar-refractivity contribution in [2.24, 2.45) is 0 Å². The molecule has 0 spiro atoms. The Balaban J connectivity index is 2.69. The molecule has 0 aliphatic carbocycles. The molecule has 17 heavy (non-hydrogen) atoms. The molecule has 90 valence electrons. The third-order valence-electron chi connectivity index (χ3n) is 2.26. The molecule has 5 heteroatoms. The fourth-order valence-corrected chi connectivity index (χ4v) is 1.26. The average molecular weight is 235 g/mol. The summed E-state index contributed by atoms with van der Waals surface area (Å²) in [5, 5.41) is 11.3. The van der Waals surface area contributed by atoms with E-state index in [2.05, 4.69) is 11.2 Å². The molecule has 1 aromatic rings. The molecular formula is C12H13NO4. The molecule has 1 amide bonds. The van der Waals surface area contributed by atoms with Crippen LogP contribution >= 0.6 is 0 Å². The molecule has 0 bridgehead atoms. The van der Waals surface area contributed by atoms with Gasteiger partial charge in [-0.25, -0.2) is 4.79 Å². The summed E-state index contributed by atoms with van der Waals surface area (Å²) < 4.78 is 4.87. The first kappa shape index (κ1) is 12.8. The lowest BCUT2D eigenvalue weighted by Gasteiger charge is -2.12. The second-order valence-electron chi connectivity index (χ2n) is 3.49. The van der Waals surface area contributed by atoms with E-state index in [-0.39, 0.29) is 17.4 Å². The molecule has 0 radical (unpaired) electrons. The van der Waals surface area contributed by atoms with Crippen LogP contribution in [-0.2, 0) is 0 Å². The first-order chi connectivity index (χ1) is 8.08. The van der Waals surface area contributed by atoms with Crippen LogP contribution in [-0.4, -0.2) is 23.0 Å². The molecule has 1 heterocycles. The van der Waals surface area contributed by atoms with Crippen molar-refractivity contribution in [3.63, 3.8) is 0 Å². The number of rotatable bonds is 5. The number of carbonyl (C=O) groups is 2. The van der Waals surface area contributed by atoms with E-state index in [0.29, 0.717) is 12.8 Å². The molecule has 1 aromatic heterocycles. The Labute approximate surface area is 98.8 Å². The standard InChI is InChI=1S/C12H13NO4/c1-3-5-9(4-2)13-11(14)10-6-8(7-17-10)12(15)16/h1,6-7,9H,4-5H2,2H3,(H,13,14)(H,15,16). The van der Waals surface area contributed by atoms with Gasteiger partial charge in [0.1, 0.15) is 6.26 Å². The Morgan fingerprint density at radius 2 is 2.35 bits per heavy atom. The maximum atomic E-state index is 11.7. The molecule has 2 N–H and O–H groups in total. The van der Waals surface area contributed by atoms with Crippen molar-refractivity contribution in [1.82, 2.24) is 5.32 Å². The van der Waals surface area contributed by atoms with Crippen molar-refractivity contribution in [1.29, 1.82) is 0 Å². The van der Waals surface area contributed by atoms with Gasteiger partial charge in [0.25, 0.3) is 5.91 Å². The van der Waals surface area contributed by atoms with E-state index in [9.17, 15) is 9.59 Å². The Bertz CT molecular complexity index is 455. The third kappa shape index (κ3) is 3.38. The molecule has 0 aromatic carbocycles. The topological polar surface area (TPSA) is 79.5 Å². The number of nitrogens with one attached hydrogen (secondary N) is 1. The summed E-state index contributed by atoms with van der Waals surface area (Å²) in [6.45, 7) is 1.90. The first-order valence-corrected chi connectivity index (χ1v) is 5.14. The summed E-state index contributed by atoms with van der Waals surface area (Å²) in [6, 6.07) is 1.05. The van der Waals surface area contributed by atoms with Gasteiger partial charge in [-0.2, -0.15) is 0 Å². The highest BCUT2D eigenvalue weighted by molar-refractivity contribution is 5.95. The lowest BCUT2D eigenvalue weighted by Crippen LogP contribution is -2.33. The molecule has 0 fully saturated rings. The zero-order chi connectivity index (χ0) is 12.8. The molecule has 1 rings (SSSR count). The predicted octanol–water partition coefficient (Wildman–Crippen LogP) is 1.51. The summed E-state index contributed by atoms with van der Waals surface area (Å²) in [4.78, 5) is 22.3. The van der Waals surface area contributed by atoms with Crippen molar-refractivity contribution >= 4 is 11.9 Å². The minimum Gasteiger partial charge on any atom is -0.478 e. The molecule has 0 aliphatic heterocycles. The lowest BCUT2D eigenvalue weighted by atomic mass is 10.1. The second kappa shape index (κ2) is 5.75. The van der Waals surface area contributed by atoms with E-state index in [1.165, 1.54) is 6.07 Å². The SMILES string of the molecule is C#CCC(CC)NC(=O)c1cc(C(=O)O)co1. The van der Waals surface area contributed by atoms with Crippen LogP contribution in [0.25, 0.3) is 0 Å². The molecule has 0 aliphatic rings. The van der Waals surface area contributed by atoms with E-state index in [0.717, 1.165) is 6.26 Å². The van der Waals surface area contributed by atoms with Gasteiger partial charge in [-0.05, 0) is 6.42 Å². The van der Waals surface area contributed by atoms with Gasteiger partial charge < -0.3 is 14.8 Å². The summed E-state index contributed by atoms with van der Waals surface area (Å²) >= 11 is 0. The number of aromatic carboxylic acids is 1. The maximum absolute atomic E-state index is 11.7. The van der Waals surface area contributed by atoms with Crippen LogP contribution in [0.4, 0.5) is 0 Å². The minimum atomic E-state index is -1.14. The highest BCUT2D eigenvalue weighted by Crippen LogP contribution is 2.08. The summed E-state index contributed by atoms with van der Waals surface area (Å²) in [5.41, 5.74) is -0.0554. The first-order valence-electron chi connectivity index (χ1n) is 5.14. The largest absolute Gasteiger partial charge is 0.478 e. The number of carboxylic acid groups (broad SMARTS) is 1. The van der Waals surface area contributed by atoms with Gasteiger partial charge in [-0.15, -0.1) is 12.3 Å². The number of hydrogen-bond donors (Lipinski definition) is 2. The number of carbonyl (C=O) groups excluding carboxylic acids is 1. The summed E-state index contributed by atoms with van der Waals surface area (Å²) in [6.07, 6.45) is 7.31. The van der Waals surface area contributed by atoms with E-state index < -0.39 is 11.9 Å². The van der Waals surface area contributed by atoms with Crippen LogP contribution < -0.4 is 5.32 Å². The van der Waals surface area contributed by atoms with E-state index in [1.54, 1.807) is 0 Å². The van der Waals surface area contributed by atoms with Gasteiger partial charge >= 0.3 is 5.97 Å².